The standard InChI is InChI=1S/C9H8ClN3O8/c10-8(13(17)18)6(15)11-7(16)12-5-4-3(14)2(20-5)1-19-9(8,12)21-4/h2-5,14H,1H2,(H,11,15,16)/t2-,3-,4+,5-,8-,9+/m1/s1. The highest BCUT2D eigenvalue weighted by Crippen LogP contribution is 2.53. The monoisotopic (exact) mass is 321 g/mol. The maximum absolute atomic E-state index is 12.0. The average molecular weight is 322 g/mol. The number of rotatable bonds is 1. The number of carbonyl (C=O) groups excluding carboxylic acids is 2. The molecule has 5 saturated heterocycles. The summed E-state index contributed by atoms with van der Waals surface area (Å²) >= 11 is 5.89. The van der Waals surface area contributed by atoms with E-state index in [1.54, 1.807) is 5.32 Å². The second-order valence-corrected chi connectivity index (χ2v) is 5.59. The number of aliphatic hydroxyl groups is 1. The summed E-state index contributed by atoms with van der Waals surface area (Å²) in [6.07, 6.45) is -4.21. The molecule has 0 aromatic carbocycles. The van der Waals surface area contributed by atoms with Crippen molar-refractivity contribution in [2.45, 2.75) is 35.4 Å². The van der Waals surface area contributed by atoms with Gasteiger partial charge in [0.15, 0.2) is 6.23 Å². The first-order valence-electron chi connectivity index (χ1n) is 5.96. The summed E-state index contributed by atoms with van der Waals surface area (Å²) in [4.78, 5) is 32.0. The first kappa shape index (κ1) is 13.2. The van der Waals surface area contributed by atoms with Crippen molar-refractivity contribution < 1.29 is 33.8 Å². The van der Waals surface area contributed by atoms with Crippen molar-refractivity contribution >= 4 is 23.5 Å². The normalized spacial score (nSPS) is 50.9. The molecule has 1 spiro atoms. The number of nitro groups is 1. The number of imide groups is 1. The van der Waals surface area contributed by atoms with E-state index in [0.717, 1.165) is 4.90 Å². The van der Waals surface area contributed by atoms with Crippen LogP contribution in [0.4, 0.5) is 4.79 Å². The summed E-state index contributed by atoms with van der Waals surface area (Å²) < 4.78 is 16.1. The minimum atomic E-state index is -2.91. The fourth-order valence-electron chi connectivity index (χ4n) is 3.06. The van der Waals surface area contributed by atoms with Crippen LogP contribution in [0.2, 0.25) is 0 Å². The highest BCUT2D eigenvalue weighted by atomic mass is 35.5. The number of ether oxygens (including phenoxy) is 3. The Morgan fingerprint density at radius 1 is 1.52 bits per heavy atom. The van der Waals surface area contributed by atoms with Crippen molar-refractivity contribution in [2.75, 3.05) is 6.61 Å². The van der Waals surface area contributed by atoms with E-state index < -0.39 is 52.3 Å². The molecular formula is C9H8ClN3O8. The number of alkyl halides is 1. The molecule has 0 aliphatic carbocycles. The van der Waals surface area contributed by atoms with Crippen LogP contribution in [0.3, 0.4) is 0 Å². The summed E-state index contributed by atoms with van der Waals surface area (Å²) in [5.41, 5.74) is 0. The van der Waals surface area contributed by atoms with Gasteiger partial charge in [0.25, 0.3) is 0 Å². The zero-order chi connectivity index (χ0) is 15.2. The molecule has 11 nitrogen and oxygen atoms in total. The van der Waals surface area contributed by atoms with Crippen molar-refractivity contribution in [1.29, 1.82) is 0 Å². The van der Waals surface area contributed by atoms with Crippen LogP contribution in [0.1, 0.15) is 0 Å². The number of nitrogens with zero attached hydrogens (tertiary/aromatic N) is 2. The Balaban J connectivity index is 1.94. The predicted octanol–water partition coefficient (Wildman–Crippen LogP) is -2.08. The second-order valence-electron chi connectivity index (χ2n) is 5.04. The van der Waals surface area contributed by atoms with Crippen molar-refractivity contribution in [3.63, 3.8) is 0 Å². The molecule has 3 amide bonds. The van der Waals surface area contributed by atoms with E-state index in [2.05, 4.69) is 0 Å². The molecule has 0 unspecified atom stereocenters. The van der Waals surface area contributed by atoms with Crippen LogP contribution >= 0.6 is 11.6 Å². The van der Waals surface area contributed by atoms with Crippen molar-refractivity contribution in [3.05, 3.63) is 10.1 Å². The van der Waals surface area contributed by atoms with Gasteiger partial charge in [0.05, 0.1) is 11.5 Å². The van der Waals surface area contributed by atoms with Crippen LogP contribution in [0.5, 0.6) is 0 Å². The third-order valence-electron chi connectivity index (χ3n) is 4.03. The Hall–Kier alpha value is -1.53. The Bertz CT molecular complexity index is 587. The van der Waals surface area contributed by atoms with Crippen molar-refractivity contribution in [2.24, 2.45) is 0 Å². The maximum atomic E-state index is 12.0. The van der Waals surface area contributed by atoms with Crippen LogP contribution in [0, 0.1) is 10.1 Å². The lowest BCUT2D eigenvalue weighted by Gasteiger charge is -2.42. The van der Waals surface area contributed by atoms with Gasteiger partial charge in [-0.15, -0.1) is 0 Å². The fourth-order valence-corrected chi connectivity index (χ4v) is 3.30. The summed E-state index contributed by atoms with van der Waals surface area (Å²) in [6.45, 7) is -0.312. The van der Waals surface area contributed by atoms with E-state index in [1.165, 1.54) is 0 Å². The van der Waals surface area contributed by atoms with E-state index in [4.69, 9.17) is 25.8 Å². The van der Waals surface area contributed by atoms with Crippen LogP contribution in [-0.2, 0) is 19.0 Å². The molecule has 21 heavy (non-hydrogen) atoms. The molecule has 5 rings (SSSR count). The van der Waals surface area contributed by atoms with Gasteiger partial charge in [0.2, 0.25) is 0 Å². The SMILES string of the molecule is O=C1NC(=O)[C@@](Cl)([N+](=O)[O-])[C@]23OC[C@H]4O[C@H]([C@@H](O2)[C@@H]4O)N13. The molecular weight excluding hydrogens is 314 g/mol. The number of halogens is 1. The number of amides is 3. The molecule has 114 valence electrons. The Kier molecular flexibility index (Phi) is 2.27. The molecule has 0 radical (unpaired) electrons. The maximum Gasteiger partial charge on any atom is 0.445 e. The lowest BCUT2D eigenvalue weighted by Crippen LogP contribution is -2.77. The largest absolute Gasteiger partial charge is 0.445 e. The van der Waals surface area contributed by atoms with Crippen LogP contribution in [0.25, 0.3) is 0 Å². The third-order valence-corrected chi connectivity index (χ3v) is 4.58. The first-order valence-corrected chi connectivity index (χ1v) is 6.34. The third kappa shape index (κ3) is 1.21. The number of urea groups is 1. The molecule has 5 aliphatic rings. The molecule has 4 bridgehead atoms. The lowest BCUT2D eigenvalue weighted by atomic mass is 10.1. The number of nitrogens with one attached hydrogen (secondary N) is 1. The minimum Gasteiger partial charge on any atom is -0.387 e. The summed E-state index contributed by atoms with van der Waals surface area (Å²) in [5, 5.41) is 23.1. The first-order chi connectivity index (χ1) is 9.83. The molecule has 6 atom stereocenters. The highest BCUT2D eigenvalue weighted by Gasteiger charge is 2.84. The van der Waals surface area contributed by atoms with Gasteiger partial charge in [-0.3, -0.25) is 20.2 Å². The van der Waals surface area contributed by atoms with E-state index in [0.29, 0.717) is 0 Å². The Morgan fingerprint density at radius 2 is 2.24 bits per heavy atom. The van der Waals surface area contributed by atoms with Gasteiger partial charge in [-0.2, -0.15) is 0 Å². The van der Waals surface area contributed by atoms with Gasteiger partial charge in [-0.25, -0.2) is 9.69 Å². The number of hydrogen-bond acceptors (Lipinski definition) is 8. The van der Waals surface area contributed by atoms with Crippen molar-refractivity contribution in [3.8, 4) is 0 Å². The lowest BCUT2D eigenvalue weighted by molar-refractivity contribution is -0.580. The van der Waals surface area contributed by atoms with Crippen molar-refractivity contribution in [1.82, 2.24) is 10.2 Å². The smallest absolute Gasteiger partial charge is 0.387 e. The number of carbonyl (C=O) groups is 2. The van der Waals surface area contributed by atoms with Crippen LogP contribution < -0.4 is 5.32 Å². The quantitative estimate of drug-likeness (QED) is 0.242. The number of aliphatic hydroxyl groups excluding tert-OH is 1. The molecule has 5 aliphatic heterocycles. The number of fused-ring (bicyclic) bond motifs is 1. The zero-order valence-corrected chi connectivity index (χ0v) is 10.8. The predicted molar refractivity (Wildman–Crippen MR) is 59.2 cm³/mol. The summed E-state index contributed by atoms with van der Waals surface area (Å²) in [6, 6.07) is -1.000. The number of hydrogen-bond donors (Lipinski definition) is 2. The second kappa shape index (κ2) is 3.62. The molecule has 0 saturated carbocycles. The molecule has 5 fully saturated rings. The van der Waals surface area contributed by atoms with E-state index in [-0.39, 0.29) is 6.61 Å². The summed E-state index contributed by atoms with van der Waals surface area (Å²) in [5.74, 6) is -3.83. The van der Waals surface area contributed by atoms with Crippen LogP contribution in [-0.4, -0.2) is 68.9 Å². The Morgan fingerprint density at radius 3 is 2.90 bits per heavy atom. The van der Waals surface area contributed by atoms with Gasteiger partial charge < -0.3 is 19.3 Å². The Labute approximate surface area is 120 Å². The fraction of sp³-hybridized carbons (Fsp3) is 0.778. The molecule has 5 heterocycles. The topological polar surface area (TPSA) is 140 Å². The highest BCUT2D eigenvalue weighted by molar-refractivity contribution is 6.36. The zero-order valence-electron chi connectivity index (χ0n) is 10.1. The van der Waals surface area contributed by atoms with Gasteiger partial charge in [0.1, 0.15) is 18.3 Å². The van der Waals surface area contributed by atoms with Crippen LogP contribution in [0.15, 0.2) is 0 Å². The molecule has 0 aromatic heterocycles. The molecule has 12 heteroatoms. The van der Waals surface area contributed by atoms with Gasteiger partial charge in [-0.05, 0) is 11.6 Å². The van der Waals surface area contributed by atoms with E-state index in [1.807, 2.05) is 0 Å². The van der Waals surface area contributed by atoms with Gasteiger partial charge in [0, 0.05) is 0 Å². The summed E-state index contributed by atoms with van der Waals surface area (Å²) in [7, 11) is 0. The molecule has 0 aromatic rings. The van der Waals surface area contributed by atoms with E-state index >= 15 is 0 Å². The molecule has 2 N–H and O–H groups in total. The van der Waals surface area contributed by atoms with E-state index in [9.17, 15) is 24.8 Å². The van der Waals surface area contributed by atoms with Gasteiger partial charge >= 0.3 is 22.8 Å². The average Bonchev–Trinajstić information content (AvgIpc) is 2.74. The minimum absolute atomic E-state index is 0.312. The van der Waals surface area contributed by atoms with Gasteiger partial charge in [-0.1, -0.05) is 0 Å².